The fourth-order valence-corrected chi connectivity index (χ4v) is 2.56. The van der Waals surface area contributed by atoms with Crippen molar-refractivity contribution in [1.29, 1.82) is 10.8 Å². The van der Waals surface area contributed by atoms with Gasteiger partial charge in [0.2, 0.25) is 0 Å². The maximum absolute atomic E-state index is 12.5. The van der Waals surface area contributed by atoms with Crippen LogP contribution >= 0.6 is 0 Å². The Hall–Kier alpha value is -1.63. The second kappa shape index (κ2) is 5.40. The van der Waals surface area contributed by atoms with E-state index in [0.717, 1.165) is 37.6 Å². The van der Waals surface area contributed by atoms with Gasteiger partial charge in [0.15, 0.2) is 0 Å². The molecule has 1 heterocycles. The van der Waals surface area contributed by atoms with E-state index in [1.807, 2.05) is 0 Å². The van der Waals surface area contributed by atoms with Crippen molar-refractivity contribution < 1.29 is 13.2 Å². The van der Waals surface area contributed by atoms with Crippen LogP contribution in [0.1, 0.15) is 31.2 Å². The van der Waals surface area contributed by atoms with Crippen molar-refractivity contribution >= 4 is 5.84 Å². The molecule has 0 aliphatic heterocycles. The molecule has 0 aromatic carbocycles. The smallest absolute Gasteiger partial charge is 0.328 e. The predicted octanol–water partition coefficient (Wildman–Crippen LogP) is 2.33. The Labute approximate surface area is 114 Å². The van der Waals surface area contributed by atoms with Gasteiger partial charge in [0.1, 0.15) is 11.3 Å². The highest BCUT2D eigenvalue weighted by molar-refractivity contribution is 5.83. The SMILES string of the molecule is N=C([C@H]1CCC[C@@H](N)C1)n1ccc(C(F)(F)F)cc1=N. The van der Waals surface area contributed by atoms with Gasteiger partial charge in [-0.2, -0.15) is 13.2 Å². The first kappa shape index (κ1) is 14.8. The number of pyridine rings is 1. The van der Waals surface area contributed by atoms with E-state index in [4.69, 9.17) is 16.6 Å². The van der Waals surface area contributed by atoms with Gasteiger partial charge < -0.3 is 5.73 Å². The van der Waals surface area contributed by atoms with Crippen molar-refractivity contribution in [1.82, 2.24) is 4.57 Å². The third-order valence-corrected chi connectivity index (χ3v) is 3.64. The van der Waals surface area contributed by atoms with Gasteiger partial charge in [-0.1, -0.05) is 6.42 Å². The standard InChI is InChI=1S/C13H17F3N4/c14-13(15,16)9-4-5-20(11(18)7-9)12(19)8-2-1-3-10(17)6-8/h4-5,7-8,10,18-19H,1-3,6,17H2/t8-,10+/m0/s1. The molecule has 1 aromatic heterocycles. The molecule has 20 heavy (non-hydrogen) atoms. The summed E-state index contributed by atoms with van der Waals surface area (Å²) >= 11 is 0. The molecule has 0 bridgehead atoms. The van der Waals surface area contributed by atoms with Crippen LogP contribution in [0.5, 0.6) is 0 Å². The number of nitrogens with one attached hydrogen (secondary N) is 2. The summed E-state index contributed by atoms with van der Waals surface area (Å²) in [6, 6.07) is 1.67. The summed E-state index contributed by atoms with van der Waals surface area (Å²) in [7, 11) is 0. The average molecular weight is 286 g/mol. The molecule has 1 fully saturated rings. The highest BCUT2D eigenvalue weighted by Crippen LogP contribution is 2.28. The second-order valence-electron chi connectivity index (χ2n) is 5.18. The second-order valence-corrected chi connectivity index (χ2v) is 5.18. The Bertz CT molecular complexity index is 561. The van der Waals surface area contributed by atoms with E-state index < -0.39 is 11.7 Å². The van der Waals surface area contributed by atoms with E-state index >= 15 is 0 Å². The van der Waals surface area contributed by atoms with E-state index in [0.29, 0.717) is 6.42 Å². The first-order chi connectivity index (χ1) is 9.29. The minimum Gasteiger partial charge on any atom is -0.328 e. The molecule has 1 aliphatic rings. The Kier molecular flexibility index (Phi) is 3.99. The zero-order chi connectivity index (χ0) is 14.9. The molecule has 2 rings (SSSR count). The van der Waals surface area contributed by atoms with E-state index in [2.05, 4.69) is 0 Å². The monoisotopic (exact) mass is 286 g/mol. The number of hydrogen-bond donors (Lipinski definition) is 3. The van der Waals surface area contributed by atoms with E-state index in [1.165, 1.54) is 4.57 Å². The van der Waals surface area contributed by atoms with Crippen LogP contribution in [0.2, 0.25) is 0 Å². The molecule has 1 aliphatic carbocycles. The number of nitrogens with two attached hydrogens (primary N) is 1. The van der Waals surface area contributed by atoms with Crippen LogP contribution in [-0.4, -0.2) is 16.4 Å². The molecule has 0 spiro atoms. The lowest BCUT2D eigenvalue weighted by atomic mass is 9.85. The topological polar surface area (TPSA) is 78.7 Å². The fourth-order valence-electron chi connectivity index (χ4n) is 2.56. The Balaban J connectivity index is 2.25. The third-order valence-electron chi connectivity index (χ3n) is 3.64. The summed E-state index contributed by atoms with van der Waals surface area (Å²) in [6.07, 6.45) is -0.0673. The van der Waals surface area contributed by atoms with E-state index in [9.17, 15) is 13.2 Å². The van der Waals surface area contributed by atoms with Gasteiger partial charge in [-0.3, -0.25) is 15.4 Å². The molecule has 110 valence electrons. The lowest BCUT2D eigenvalue weighted by Gasteiger charge is -2.27. The maximum atomic E-state index is 12.5. The minimum absolute atomic E-state index is 0.0262. The predicted molar refractivity (Wildman–Crippen MR) is 68.3 cm³/mol. The number of hydrogen-bond acceptors (Lipinski definition) is 3. The number of nitrogens with zero attached hydrogens (tertiary/aromatic N) is 1. The van der Waals surface area contributed by atoms with Gasteiger partial charge in [-0.05, 0) is 31.4 Å². The van der Waals surface area contributed by atoms with Crippen LogP contribution in [0.15, 0.2) is 18.3 Å². The van der Waals surface area contributed by atoms with Gasteiger partial charge in [-0.25, -0.2) is 0 Å². The molecule has 0 radical (unpaired) electrons. The normalized spacial score (nSPS) is 23.6. The number of halogens is 3. The lowest BCUT2D eigenvalue weighted by molar-refractivity contribution is -0.137. The van der Waals surface area contributed by atoms with Crippen LogP contribution in [0, 0.1) is 16.7 Å². The fraction of sp³-hybridized carbons (Fsp3) is 0.538. The summed E-state index contributed by atoms with van der Waals surface area (Å²) in [5, 5.41) is 15.8. The van der Waals surface area contributed by atoms with Crippen molar-refractivity contribution in [2.75, 3.05) is 0 Å². The first-order valence-corrected chi connectivity index (χ1v) is 6.48. The highest BCUT2D eigenvalue weighted by Gasteiger charge is 2.31. The Morgan fingerprint density at radius 3 is 2.60 bits per heavy atom. The Morgan fingerprint density at radius 2 is 2.05 bits per heavy atom. The summed E-state index contributed by atoms with van der Waals surface area (Å²) in [4.78, 5) is 0. The number of alkyl halides is 3. The molecule has 4 nitrogen and oxygen atoms in total. The molecule has 0 amide bonds. The molecule has 0 unspecified atom stereocenters. The van der Waals surface area contributed by atoms with Crippen molar-refractivity contribution in [3.8, 4) is 0 Å². The summed E-state index contributed by atoms with van der Waals surface area (Å²) in [5.74, 6) is 0.0588. The van der Waals surface area contributed by atoms with Crippen LogP contribution in [0.3, 0.4) is 0 Å². The minimum atomic E-state index is -4.47. The summed E-state index contributed by atoms with van der Waals surface area (Å²) < 4.78 is 38.8. The summed E-state index contributed by atoms with van der Waals surface area (Å²) in [6.45, 7) is 0. The zero-order valence-electron chi connectivity index (χ0n) is 10.9. The van der Waals surface area contributed by atoms with E-state index in [1.54, 1.807) is 0 Å². The maximum Gasteiger partial charge on any atom is 0.416 e. The van der Waals surface area contributed by atoms with Crippen molar-refractivity contribution in [2.24, 2.45) is 11.7 Å². The largest absolute Gasteiger partial charge is 0.416 e. The van der Waals surface area contributed by atoms with E-state index in [-0.39, 0.29) is 23.3 Å². The highest BCUT2D eigenvalue weighted by atomic mass is 19.4. The van der Waals surface area contributed by atoms with Crippen LogP contribution in [-0.2, 0) is 6.18 Å². The van der Waals surface area contributed by atoms with Gasteiger partial charge in [-0.15, -0.1) is 0 Å². The molecule has 4 N–H and O–H groups in total. The van der Waals surface area contributed by atoms with Gasteiger partial charge in [0.25, 0.3) is 0 Å². The van der Waals surface area contributed by atoms with Gasteiger partial charge >= 0.3 is 6.18 Å². The lowest BCUT2D eigenvalue weighted by Crippen LogP contribution is -2.37. The molecular formula is C13H17F3N4. The van der Waals surface area contributed by atoms with Crippen LogP contribution in [0.25, 0.3) is 0 Å². The molecule has 1 saturated carbocycles. The zero-order valence-corrected chi connectivity index (χ0v) is 10.9. The molecule has 7 heteroatoms. The molecule has 0 saturated heterocycles. The number of aromatic nitrogens is 1. The van der Waals surface area contributed by atoms with Crippen molar-refractivity contribution in [3.05, 3.63) is 29.4 Å². The summed E-state index contributed by atoms with van der Waals surface area (Å²) in [5.41, 5.74) is 4.66. The molecule has 2 atom stereocenters. The number of rotatable bonds is 1. The van der Waals surface area contributed by atoms with Crippen molar-refractivity contribution in [2.45, 2.75) is 37.9 Å². The molecular weight excluding hydrogens is 269 g/mol. The average Bonchev–Trinajstić information content (AvgIpc) is 2.36. The Morgan fingerprint density at radius 1 is 1.35 bits per heavy atom. The first-order valence-electron chi connectivity index (χ1n) is 6.48. The van der Waals surface area contributed by atoms with Crippen LogP contribution in [0.4, 0.5) is 13.2 Å². The van der Waals surface area contributed by atoms with Crippen molar-refractivity contribution in [3.63, 3.8) is 0 Å². The quantitative estimate of drug-likeness (QED) is 0.537. The van der Waals surface area contributed by atoms with Gasteiger partial charge in [0, 0.05) is 18.2 Å². The third kappa shape index (κ3) is 3.09. The van der Waals surface area contributed by atoms with Crippen LogP contribution < -0.4 is 11.2 Å². The molecule has 1 aromatic rings. The van der Waals surface area contributed by atoms with Gasteiger partial charge in [0.05, 0.1) is 5.56 Å².